The van der Waals surface area contributed by atoms with Crippen LogP contribution in [0.3, 0.4) is 0 Å². The molecule has 2 aromatic heterocycles. The van der Waals surface area contributed by atoms with Crippen molar-refractivity contribution >= 4 is 5.82 Å². The van der Waals surface area contributed by atoms with Gasteiger partial charge in [0.05, 0.1) is 11.3 Å². The number of alkyl halides is 3. The van der Waals surface area contributed by atoms with Crippen LogP contribution in [0.4, 0.5) is 19.0 Å². The summed E-state index contributed by atoms with van der Waals surface area (Å²) in [5.41, 5.74) is 5.52. The summed E-state index contributed by atoms with van der Waals surface area (Å²) in [4.78, 5) is 12.1. The second kappa shape index (κ2) is 5.31. The number of hydrogen-bond acceptors (Lipinski definition) is 4. The Balaban J connectivity index is 2.73. The molecule has 4 nitrogen and oxygen atoms in total. The number of nitrogens with zero attached hydrogens (tertiary/aromatic N) is 3. The molecule has 0 saturated carbocycles. The van der Waals surface area contributed by atoms with Crippen LogP contribution in [0.2, 0.25) is 0 Å². The predicted octanol–water partition coefficient (Wildman–Crippen LogP) is 3.57. The average molecular weight is 296 g/mol. The third-order valence-electron chi connectivity index (χ3n) is 3.10. The van der Waals surface area contributed by atoms with Gasteiger partial charge in [-0.1, -0.05) is 13.8 Å². The van der Waals surface area contributed by atoms with E-state index in [1.807, 2.05) is 13.8 Å². The SMILES string of the molecule is Cc1c(N)nc(C(C)C)nc1-c1cnccc1C(F)(F)F. The van der Waals surface area contributed by atoms with Gasteiger partial charge in [0.1, 0.15) is 11.6 Å². The van der Waals surface area contributed by atoms with Crippen molar-refractivity contribution < 1.29 is 13.2 Å². The molecule has 0 unspecified atom stereocenters. The van der Waals surface area contributed by atoms with Crippen molar-refractivity contribution in [3.05, 3.63) is 35.4 Å². The minimum atomic E-state index is -4.48. The Kier molecular flexibility index (Phi) is 3.85. The quantitative estimate of drug-likeness (QED) is 0.920. The van der Waals surface area contributed by atoms with Gasteiger partial charge in [0.15, 0.2) is 0 Å². The number of anilines is 1. The first kappa shape index (κ1) is 15.2. The first-order valence-electron chi connectivity index (χ1n) is 6.37. The molecular weight excluding hydrogens is 281 g/mol. The standard InChI is InChI=1S/C14H15F3N4/c1-7(2)13-20-11(8(3)12(18)21-13)9-6-19-5-4-10(9)14(15,16)17/h4-7H,1-3H3,(H2,18,20,21). The molecule has 2 N–H and O–H groups in total. The molecule has 0 radical (unpaired) electrons. The first-order chi connectivity index (χ1) is 9.71. The highest BCUT2D eigenvalue weighted by atomic mass is 19.4. The predicted molar refractivity (Wildman–Crippen MR) is 73.5 cm³/mol. The van der Waals surface area contributed by atoms with Gasteiger partial charge in [-0.2, -0.15) is 13.2 Å². The van der Waals surface area contributed by atoms with Gasteiger partial charge in [0, 0.05) is 29.4 Å². The van der Waals surface area contributed by atoms with Crippen molar-refractivity contribution in [2.45, 2.75) is 32.9 Å². The van der Waals surface area contributed by atoms with Crippen molar-refractivity contribution in [1.29, 1.82) is 0 Å². The molecular formula is C14H15F3N4. The van der Waals surface area contributed by atoms with E-state index in [-0.39, 0.29) is 23.0 Å². The van der Waals surface area contributed by atoms with E-state index in [4.69, 9.17) is 5.73 Å². The van der Waals surface area contributed by atoms with Crippen molar-refractivity contribution in [3.8, 4) is 11.3 Å². The van der Waals surface area contributed by atoms with Crippen LogP contribution in [0.15, 0.2) is 18.5 Å². The largest absolute Gasteiger partial charge is 0.417 e. The smallest absolute Gasteiger partial charge is 0.383 e. The molecule has 7 heteroatoms. The summed E-state index contributed by atoms with van der Waals surface area (Å²) >= 11 is 0. The summed E-state index contributed by atoms with van der Waals surface area (Å²) in [5, 5.41) is 0. The number of hydrogen-bond donors (Lipinski definition) is 1. The van der Waals surface area contributed by atoms with Gasteiger partial charge in [-0.25, -0.2) is 9.97 Å². The highest BCUT2D eigenvalue weighted by Gasteiger charge is 2.34. The van der Waals surface area contributed by atoms with Crippen molar-refractivity contribution in [2.75, 3.05) is 5.73 Å². The number of pyridine rings is 1. The lowest BCUT2D eigenvalue weighted by molar-refractivity contribution is -0.137. The molecule has 0 aliphatic rings. The highest BCUT2D eigenvalue weighted by molar-refractivity contribution is 5.70. The van der Waals surface area contributed by atoms with Gasteiger partial charge in [-0.3, -0.25) is 4.98 Å². The fraction of sp³-hybridized carbons (Fsp3) is 0.357. The number of nitrogen functional groups attached to an aromatic ring is 1. The van der Waals surface area contributed by atoms with E-state index in [0.29, 0.717) is 11.4 Å². The van der Waals surface area contributed by atoms with Gasteiger partial charge >= 0.3 is 6.18 Å². The molecule has 0 saturated heterocycles. The zero-order valence-electron chi connectivity index (χ0n) is 11.9. The molecule has 0 spiro atoms. The summed E-state index contributed by atoms with van der Waals surface area (Å²) in [6.07, 6.45) is -2.22. The van der Waals surface area contributed by atoms with E-state index >= 15 is 0 Å². The van der Waals surface area contributed by atoms with E-state index < -0.39 is 11.7 Å². The van der Waals surface area contributed by atoms with E-state index in [1.54, 1.807) is 6.92 Å². The molecule has 112 valence electrons. The van der Waals surface area contributed by atoms with Crippen LogP contribution in [0.5, 0.6) is 0 Å². The van der Waals surface area contributed by atoms with Gasteiger partial charge in [-0.15, -0.1) is 0 Å². The van der Waals surface area contributed by atoms with Gasteiger partial charge in [-0.05, 0) is 13.0 Å². The summed E-state index contributed by atoms with van der Waals surface area (Å²) in [6, 6.07) is 0.933. The molecule has 2 aromatic rings. The lowest BCUT2D eigenvalue weighted by Gasteiger charge is -2.15. The highest BCUT2D eigenvalue weighted by Crippen LogP contribution is 2.37. The van der Waals surface area contributed by atoms with E-state index in [0.717, 1.165) is 18.5 Å². The van der Waals surface area contributed by atoms with Gasteiger partial charge in [0.2, 0.25) is 0 Å². The van der Waals surface area contributed by atoms with Crippen LogP contribution in [0.1, 0.15) is 36.7 Å². The Morgan fingerprint density at radius 1 is 1.19 bits per heavy atom. The number of halogens is 3. The topological polar surface area (TPSA) is 64.7 Å². The molecule has 2 heterocycles. The summed E-state index contributed by atoms with van der Waals surface area (Å²) in [5.74, 6) is 0.545. The molecule has 0 aliphatic carbocycles. The molecule has 0 aliphatic heterocycles. The summed E-state index contributed by atoms with van der Waals surface area (Å²) in [7, 11) is 0. The molecule has 0 aromatic carbocycles. The molecule has 21 heavy (non-hydrogen) atoms. The summed E-state index contributed by atoms with van der Waals surface area (Å²) < 4.78 is 39.4. The maximum absolute atomic E-state index is 13.1. The Morgan fingerprint density at radius 3 is 2.43 bits per heavy atom. The summed E-state index contributed by atoms with van der Waals surface area (Å²) in [6.45, 7) is 5.30. The Hall–Kier alpha value is -2.18. The maximum atomic E-state index is 13.1. The second-order valence-corrected chi connectivity index (χ2v) is 5.01. The van der Waals surface area contributed by atoms with Gasteiger partial charge < -0.3 is 5.73 Å². The number of aromatic nitrogens is 3. The first-order valence-corrected chi connectivity index (χ1v) is 6.37. The average Bonchev–Trinajstić information content (AvgIpc) is 2.40. The van der Waals surface area contributed by atoms with E-state index in [2.05, 4.69) is 15.0 Å². The van der Waals surface area contributed by atoms with Crippen LogP contribution in [0, 0.1) is 6.92 Å². The van der Waals surface area contributed by atoms with E-state index in [1.165, 1.54) is 0 Å². The van der Waals surface area contributed by atoms with Crippen molar-refractivity contribution in [3.63, 3.8) is 0 Å². The molecule has 0 atom stereocenters. The van der Waals surface area contributed by atoms with Crippen LogP contribution >= 0.6 is 0 Å². The van der Waals surface area contributed by atoms with E-state index in [9.17, 15) is 13.2 Å². The van der Waals surface area contributed by atoms with Crippen molar-refractivity contribution in [1.82, 2.24) is 15.0 Å². The Labute approximate surface area is 120 Å². The zero-order valence-corrected chi connectivity index (χ0v) is 11.9. The van der Waals surface area contributed by atoms with Crippen LogP contribution < -0.4 is 5.73 Å². The minimum Gasteiger partial charge on any atom is -0.383 e. The fourth-order valence-electron chi connectivity index (χ4n) is 1.90. The number of nitrogens with two attached hydrogens (primary N) is 1. The number of rotatable bonds is 2. The molecule has 0 fully saturated rings. The van der Waals surface area contributed by atoms with Crippen LogP contribution in [0.25, 0.3) is 11.3 Å². The second-order valence-electron chi connectivity index (χ2n) is 5.01. The lowest BCUT2D eigenvalue weighted by atomic mass is 10.0. The Morgan fingerprint density at radius 2 is 1.86 bits per heavy atom. The molecule has 0 bridgehead atoms. The normalized spacial score (nSPS) is 12.0. The zero-order chi connectivity index (χ0) is 15.8. The minimum absolute atomic E-state index is 0.0438. The maximum Gasteiger partial charge on any atom is 0.417 e. The third-order valence-corrected chi connectivity index (χ3v) is 3.10. The molecule has 2 rings (SSSR count). The lowest BCUT2D eigenvalue weighted by Crippen LogP contribution is -2.11. The monoisotopic (exact) mass is 296 g/mol. The Bertz CT molecular complexity index is 666. The van der Waals surface area contributed by atoms with Crippen molar-refractivity contribution in [2.24, 2.45) is 0 Å². The van der Waals surface area contributed by atoms with Gasteiger partial charge in [0.25, 0.3) is 0 Å². The molecule has 0 amide bonds. The fourth-order valence-corrected chi connectivity index (χ4v) is 1.90. The van der Waals surface area contributed by atoms with Crippen LogP contribution in [-0.2, 0) is 6.18 Å². The van der Waals surface area contributed by atoms with Crippen LogP contribution in [-0.4, -0.2) is 15.0 Å². The third kappa shape index (κ3) is 2.96.